The lowest BCUT2D eigenvalue weighted by Gasteiger charge is -1.99. The Bertz CT molecular complexity index is 65.0. The minimum atomic E-state index is 0.690. The molecule has 0 heterocycles. The van der Waals surface area contributed by atoms with E-state index in [4.69, 9.17) is 0 Å². The van der Waals surface area contributed by atoms with Crippen LogP contribution in [0.3, 0.4) is 0 Å². The van der Waals surface area contributed by atoms with Crippen LogP contribution in [0.15, 0.2) is 12.7 Å². The predicted octanol–water partition coefficient (Wildman–Crippen LogP) is 2.22. The van der Waals surface area contributed by atoms with Crippen LogP contribution in [0, 0.1) is 0 Å². The molecule has 0 aromatic heterocycles. The fraction of sp³-hybridized carbons (Fsp3) is 0.750. The first-order chi connectivity index (χ1) is 4.35. The zero-order chi connectivity index (χ0) is 7.11. The van der Waals surface area contributed by atoms with Crippen molar-refractivity contribution in [2.45, 2.75) is 20.3 Å². The van der Waals surface area contributed by atoms with Crippen molar-refractivity contribution in [2.24, 2.45) is 0 Å². The van der Waals surface area contributed by atoms with Crippen LogP contribution in [-0.2, 0) is 10.9 Å². The molecule has 0 atom stereocenters. The van der Waals surface area contributed by atoms with Crippen LogP contribution in [0.1, 0.15) is 20.3 Å². The monoisotopic (exact) mass is 145 g/mol. The molecule has 0 aromatic carbocycles. The van der Waals surface area contributed by atoms with Crippen molar-refractivity contribution in [3.63, 3.8) is 0 Å². The molecule has 0 amide bonds. The molecule has 0 unspecified atom stereocenters. The van der Waals surface area contributed by atoms with Gasteiger partial charge in [-0.15, -0.1) is 6.58 Å². The Kier molecular flexibility index (Phi) is 6.28. The Morgan fingerprint density at radius 2 is 1.89 bits per heavy atom. The molecule has 0 radical (unpaired) electrons. The zero-order valence-corrected chi connectivity index (χ0v) is 7.34. The van der Waals surface area contributed by atoms with Gasteiger partial charge in [0, 0.05) is 6.42 Å². The van der Waals surface area contributed by atoms with Crippen LogP contribution in [0.4, 0.5) is 0 Å². The molecule has 0 aliphatic rings. The highest BCUT2D eigenvalue weighted by Crippen LogP contribution is 1.98. The van der Waals surface area contributed by atoms with Crippen molar-refractivity contribution in [2.75, 3.05) is 17.3 Å². The van der Waals surface area contributed by atoms with Gasteiger partial charge in [-0.05, 0) is 24.7 Å². The molecule has 0 aliphatic carbocycles. The third-order valence-corrected chi connectivity index (χ3v) is 3.87. The minimum absolute atomic E-state index is 0.690. The summed E-state index contributed by atoms with van der Waals surface area (Å²) in [6.07, 6.45) is 3.22. The molecular formula is C8H17S+. The second-order valence-corrected chi connectivity index (χ2v) is 4.76. The maximum atomic E-state index is 3.71. The Labute approximate surface area is 61.7 Å². The van der Waals surface area contributed by atoms with Crippen LogP contribution in [0.25, 0.3) is 0 Å². The van der Waals surface area contributed by atoms with Crippen molar-refractivity contribution in [1.82, 2.24) is 0 Å². The van der Waals surface area contributed by atoms with E-state index in [2.05, 4.69) is 20.4 Å². The van der Waals surface area contributed by atoms with E-state index in [0.717, 1.165) is 0 Å². The molecule has 0 saturated carbocycles. The van der Waals surface area contributed by atoms with Gasteiger partial charge in [-0.2, -0.15) is 0 Å². The molecule has 0 N–H and O–H groups in total. The Balaban J connectivity index is 3.19. The van der Waals surface area contributed by atoms with Gasteiger partial charge in [-0.3, -0.25) is 0 Å². The maximum Gasteiger partial charge on any atom is 0.111 e. The van der Waals surface area contributed by atoms with E-state index < -0.39 is 0 Å². The van der Waals surface area contributed by atoms with Gasteiger partial charge in [0.05, 0.1) is 0 Å². The van der Waals surface area contributed by atoms with E-state index in [0.29, 0.717) is 10.9 Å². The van der Waals surface area contributed by atoms with E-state index in [1.165, 1.54) is 23.7 Å². The second kappa shape index (κ2) is 6.21. The Morgan fingerprint density at radius 1 is 1.33 bits per heavy atom. The highest BCUT2D eigenvalue weighted by Gasteiger charge is 2.08. The van der Waals surface area contributed by atoms with Crippen molar-refractivity contribution < 1.29 is 0 Å². The lowest BCUT2D eigenvalue weighted by molar-refractivity contribution is 1.22. The summed E-state index contributed by atoms with van der Waals surface area (Å²) in [6, 6.07) is 0. The molecule has 0 saturated heterocycles. The summed E-state index contributed by atoms with van der Waals surface area (Å²) in [5.74, 6) is 4.06. The third-order valence-electron chi connectivity index (χ3n) is 1.43. The van der Waals surface area contributed by atoms with Crippen molar-refractivity contribution in [3.05, 3.63) is 12.7 Å². The van der Waals surface area contributed by atoms with Gasteiger partial charge in [-0.25, -0.2) is 0 Å². The average Bonchev–Trinajstić information content (AvgIpc) is 1.91. The topological polar surface area (TPSA) is 0 Å². The van der Waals surface area contributed by atoms with E-state index in [1.54, 1.807) is 0 Å². The quantitative estimate of drug-likeness (QED) is 0.411. The van der Waals surface area contributed by atoms with Gasteiger partial charge in [0.25, 0.3) is 0 Å². The van der Waals surface area contributed by atoms with Gasteiger partial charge >= 0.3 is 0 Å². The summed E-state index contributed by atoms with van der Waals surface area (Å²) in [4.78, 5) is 0. The number of allylic oxidation sites excluding steroid dienone is 1. The van der Waals surface area contributed by atoms with E-state index in [-0.39, 0.29) is 0 Å². The average molecular weight is 145 g/mol. The predicted molar refractivity (Wildman–Crippen MR) is 48.1 cm³/mol. The van der Waals surface area contributed by atoms with E-state index in [1.807, 2.05) is 6.08 Å². The highest BCUT2D eigenvalue weighted by molar-refractivity contribution is 7.96. The van der Waals surface area contributed by atoms with E-state index in [9.17, 15) is 0 Å². The van der Waals surface area contributed by atoms with Crippen molar-refractivity contribution in [3.8, 4) is 0 Å². The fourth-order valence-electron chi connectivity index (χ4n) is 0.743. The molecule has 0 fully saturated rings. The third kappa shape index (κ3) is 4.58. The summed E-state index contributed by atoms with van der Waals surface area (Å²) in [5, 5.41) is 0. The molecule has 54 valence electrons. The number of hydrogen-bond acceptors (Lipinski definition) is 0. The molecule has 0 rings (SSSR count). The number of rotatable bonds is 5. The van der Waals surface area contributed by atoms with E-state index >= 15 is 0 Å². The minimum Gasteiger partial charge on any atom is -0.103 e. The summed E-state index contributed by atoms with van der Waals surface area (Å²) in [7, 11) is 0.690. The molecule has 0 bridgehead atoms. The van der Waals surface area contributed by atoms with Gasteiger partial charge in [-0.1, -0.05) is 6.08 Å². The van der Waals surface area contributed by atoms with Crippen LogP contribution in [-0.4, -0.2) is 17.3 Å². The largest absolute Gasteiger partial charge is 0.111 e. The first kappa shape index (κ1) is 9.09. The van der Waals surface area contributed by atoms with Crippen LogP contribution in [0.5, 0.6) is 0 Å². The maximum absolute atomic E-state index is 3.71. The Morgan fingerprint density at radius 3 is 2.22 bits per heavy atom. The molecule has 1 heteroatoms. The van der Waals surface area contributed by atoms with Gasteiger partial charge in [0.2, 0.25) is 0 Å². The molecule has 9 heavy (non-hydrogen) atoms. The molecule has 0 aliphatic heterocycles. The normalized spacial score (nSPS) is 10.1. The standard InChI is InChI=1S/C8H17S/c1-4-7-8-9(5-2)6-3/h4H,1,5-8H2,2-3H3/q+1. The highest BCUT2D eigenvalue weighted by atomic mass is 32.2. The summed E-state index contributed by atoms with van der Waals surface area (Å²) < 4.78 is 0. The second-order valence-electron chi connectivity index (χ2n) is 1.97. The summed E-state index contributed by atoms with van der Waals surface area (Å²) >= 11 is 0. The van der Waals surface area contributed by atoms with Crippen molar-refractivity contribution in [1.29, 1.82) is 0 Å². The zero-order valence-electron chi connectivity index (χ0n) is 6.52. The van der Waals surface area contributed by atoms with Gasteiger partial charge in [0.15, 0.2) is 0 Å². The van der Waals surface area contributed by atoms with Crippen LogP contribution >= 0.6 is 0 Å². The first-order valence-electron chi connectivity index (χ1n) is 3.60. The van der Waals surface area contributed by atoms with Crippen molar-refractivity contribution >= 4 is 10.9 Å². The van der Waals surface area contributed by atoms with Gasteiger partial charge < -0.3 is 0 Å². The molecular weight excluding hydrogens is 128 g/mol. The molecule has 0 nitrogen and oxygen atoms in total. The SMILES string of the molecule is C=CCC[S+](CC)CC. The molecule has 0 aromatic rings. The lowest BCUT2D eigenvalue weighted by atomic mass is 10.5. The summed E-state index contributed by atoms with van der Waals surface area (Å²) in [6.45, 7) is 8.25. The van der Waals surface area contributed by atoms with Crippen LogP contribution in [0.2, 0.25) is 0 Å². The Hall–Kier alpha value is 0.0900. The smallest absolute Gasteiger partial charge is 0.103 e. The molecule has 0 spiro atoms. The summed E-state index contributed by atoms with van der Waals surface area (Å²) in [5.41, 5.74) is 0. The van der Waals surface area contributed by atoms with Gasteiger partial charge in [0.1, 0.15) is 17.3 Å². The van der Waals surface area contributed by atoms with Crippen LogP contribution < -0.4 is 0 Å². The fourth-order valence-corrected chi connectivity index (χ4v) is 2.23. The lowest BCUT2D eigenvalue weighted by Crippen LogP contribution is -2.11. The number of hydrogen-bond donors (Lipinski definition) is 0. The first-order valence-corrected chi connectivity index (χ1v) is 5.33.